The minimum absolute atomic E-state index is 0.0245. The standard InChI is InChI=1S/C27H34FN5O3/c1-5-10-32-16-20(15-30-32)17-6-7-18(23(28)13-17)11-21(14-29)31-25(34)24-19-8-9-22(12-19)33(24)26(35)36-27(2,3)4/h6-7,13,15-16,19,21-22,24H,5,8-12H2,1-4H3,(H,31,34)/t19-,21-,22+,24-/m0/s1. The molecule has 2 heterocycles. The molecular weight excluding hydrogens is 461 g/mol. The number of amides is 2. The zero-order valence-corrected chi connectivity index (χ0v) is 21.3. The summed E-state index contributed by atoms with van der Waals surface area (Å²) in [7, 11) is 0. The van der Waals surface area contributed by atoms with Crippen LogP contribution in [0.3, 0.4) is 0 Å². The van der Waals surface area contributed by atoms with Gasteiger partial charge in [0.05, 0.1) is 12.3 Å². The van der Waals surface area contributed by atoms with Gasteiger partial charge in [0.2, 0.25) is 5.91 Å². The average Bonchev–Trinajstić information content (AvgIpc) is 3.55. The lowest BCUT2D eigenvalue weighted by atomic mass is 9.97. The lowest BCUT2D eigenvalue weighted by Crippen LogP contribution is -2.55. The number of fused-ring (bicyclic) bond motifs is 2. The lowest BCUT2D eigenvalue weighted by Gasteiger charge is -2.35. The molecule has 2 amide bonds. The van der Waals surface area contributed by atoms with E-state index < -0.39 is 29.6 Å². The summed E-state index contributed by atoms with van der Waals surface area (Å²) in [6.45, 7) is 8.22. The highest BCUT2D eigenvalue weighted by atomic mass is 19.1. The van der Waals surface area contributed by atoms with E-state index >= 15 is 0 Å². The van der Waals surface area contributed by atoms with Crippen molar-refractivity contribution in [3.05, 3.63) is 42.0 Å². The predicted molar refractivity (Wildman–Crippen MR) is 132 cm³/mol. The van der Waals surface area contributed by atoms with Gasteiger partial charge in [0.25, 0.3) is 0 Å². The largest absolute Gasteiger partial charge is 0.444 e. The number of carbonyl (C=O) groups is 2. The van der Waals surface area contributed by atoms with Crippen LogP contribution in [0.1, 0.15) is 58.9 Å². The number of nitrogens with zero attached hydrogens (tertiary/aromatic N) is 4. The van der Waals surface area contributed by atoms with Crippen LogP contribution in [0.4, 0.5) is 9.18 Å². The lowest BCUT2D eigenvalue weighted by molar-refractivity contribution is -0.128. The molecule has 0 spiro atoms. The quantitative estimate of drug-likeness (QED) is 0.612. The molecule has 2 bridgehead atoms. The predicted octanol–water partition coefficient (Wildman–Crippen LogP) is 4.44. The number of hydrogen-bond acceptors (Lipinski definition) is 5. The molecule has 4 rings (SSSR count). The number of hydrogen-bond donors (Lipinski definition) is 1. The molecule has 1 saturated carbocycles. The first-order chi connectivity index (χ1) is 17.1. The van der Waals surface area contributed by atoms with Crippen molar-refractivity contribution in [3.63, 3.8) is 0 Å². The third-order valence-corrected chi connectivity index (χ3v) is 6.83. The van der Waals surface area contributed by atoms with Gasteiger partial charge in [0.1, 0.15) is 23.5 Å². The maximum atomic E-state index is 15.0. The van der Waals surface area contributed by atoms with Crippen molar-refractivity contribution >= 4 is 12.0 Å². The molecule has 1 aromatic carbocycles. The van der Waals surface area contributed by atoms with Crippen molar-refractivity contribution in [2.45, 2.75) is 90.1 Å². The minimum Gasteiger partial charge on any atom is -0.444 e. The molecule has 9 heteroatoms. The molecule has 0 unspecified atom stereocenters. The number of likely N-dealkylation sites (tertiary alicyclic amines) is 1. The molecule has 1 aliphatic heterocycles. The Kier molecular flexibility index (Phi) is 7.34. The molecule has 192 valence electrons. The summed E-state index contributed by atoms with van der Waals surface area (Å²) in [5.74, 6) is -0.799. The summed E-state index contributed by atoms with van der Waals surface area (Å²) in [6.07, 6.45) is 6.49. The zero-order valence-electron chi connectivity index (χ0n) is 21.3. The van der Waals surface area contributed by atoms with Crippen LogP contribution >= 0.6 is 0 Å². The normalized spacial score (nSPS) is 21.8. The summed E-state index contributed by atoms with van der Waals surface area (Å²) in [5, 5.41) is 16.8. The van der Waals surface area contributed by atoms with E-state index in [4.69, 9.17) is 4.74 Å². The van der Waals surface area contributed by atoms with E-state index in [9.17, 15) is 19.2 Å². The van der Waals surface area contributed by atoms with Gasteiger partial charge in [0.15, 0.2) is 0 Å². The maximum Gasteiger partial charge on any atom is 0.411 e. The number of aryl methyl sites for hydroxylation is 1. The Balaban J connectivity index is 1.44. The summed E-state index contributed by atoms with van der Waals surface area (Å²) in [6, 6.07) is 5.30. The smallest absolute Gasteiger partial charge is 0.411 e. The van der Waals surface area contributed by atoms with E-state index in [1.165, 1.54) is 11.0 Å². The van der Waals surface area contributed by atoms with E-state index in [0.29, 0.717) is 11.1 Å². The van der Waals surface area contributed by atoms with Crippen molar-refractivity contribution in [1.29, 1.82) is 5.26 Å². The molecule has 1 aromatic heterocycles. The van der Waals surface area contributed by atoms with Crippen molar-refractivity contribution < 1.29 is 18.7 Å². The summed E-state index contributed by atoms with van der Waals surface area (Å²) >= 11 is 0. The fourth-order valence-corrected chi connectivity index (χ4v) is 5.27. The molecule has 2 fully saturated rings. The highest BCUT2D eigenvalue weighted by Crippen LogP contribution is 2.43. The number of benzene rings is 1. The highest BCUT2D eigenvalue weighted by Gasteiger charge is 2.52. The van der Waals surface area contributed by atoms with E-state index in [2.05, 4.69) is 23.4 Å². The maximum absolute atomic E-state index is 15.0. The Morgan fingerprint density at radius 3 is 2.75 bits per heavy atom. The van der Waals surface area contributed by atoms with Crippen LogP contribution in [0.2, 0.25) is 0 Å². The molecule has 2 aliphatic rings. The number of piperidine rings is 1. The Bertz CT molecular complexity index is 1160. The highest BCUT2D eigenvalue weighted by molar-refractivity contribution is 5.87. The van der Waals surface area contributed by atoms with Crippen LogP contribution in [-0.2, 0) is 22.5 Å². The fraction of sp³-hybridized carbons (Fsp3) is 0.556. The molecule has 4 atom stereocenters. The molecule has 36 heavy (non-hydrogen) atoms. The van der Waals surface area contributed by atoms with Crippen molar-refractivity contribution in [1.82, 2.24) is 20.0 Å². The number of nitrogens with one attached hydrogen (secondary N) is 1. The Labute approximate surface area is 211 Å². The van der Waals surface area contributed by atoms with Crippen LogP contribution in [0, 0.1) is 23.1 Å². The SMILES string of the molecule is CCCn1cc(-c2ccc(C[C@@H](C#N)NC(=O)[C@@H]3[C@H]4CC[C@H](C4)N3C(=O)OC(C)(C)C)c(F)c2)cn1. The van der Waals surface area contributed by atoms with Gasteiger partial charge in [-0.05, 0) is 69.6 Å². The van der Waals surface area contributed by atoms with Crippen LogP contribution in [0.25, 0.3) is 11.1 Å². The van der Waals surface area contributed by atoms with Crippen LogP contribution < -0.4 is 5.32 Å². The van der Waals surface area contributed by atoms with Crippen molar-refractivity contribution in [2.75, 3.05) is 0 Å². The van der Waals surface area contributed by atoms with E-state index in [1.54, 1.807) is 39.1 Å². The number of ether oxygens (including phenoxy) is 1. The molecule has 1 saturated heterocycles. The third kappa shape index (κ3) is 5.53. The molecule has 1 aliphatic carbocycles. The van der Waals surface area contributed by atoms with Gasteiger partial charge in [-0.3, -0.25) is 14.4 Å². The van der Waals surface area contributed by atoms with Gasteiger partial charge in [-0.15, -0.1) is 0 Å². The number of nitriles is 1. The average molecular weight is 496 g/mol. The van der Waals surface area contributed by atoms with E-state index in [1.807, 2.05) is 10.9 Å². The molecule has 0 radical (unpaired) electrons. The number of rotatable bonds is 7. The molecular formula is C27H34FN5O3. The molecule has 2 aromatic rings. The summed E-state index contributed by atoms with van der Waals surface area (Å²) in [5.41, 5.74) is 1.18. The minimum atomic E-state index is -0.926. The van der Waals surface area contributed by atoms with Gasteiger partial charge < -0.3 is 10.1 Å². The van der Waals surface area contributed by atoms with Crippen molar-refractivity contribution in [2.24, 2.45) is 5.92 Å². The third-order valence-electron chi connectivity index (χ3n) is 6.83. The number of aromatic nitrogens is 2. The first-order valence-corrected chi connectivity index (χ1v) is 12.6. The zero-order chi connectivity index (χ0) is 26.0. The Morgan fingerprint density at radius 1 is 1.31 bits per heavy atom. The number of carbonyl (C=O) groups excluding carboxylic acids is 2. The first kappa shape index (κ1) is 25.7. The van der Waals surface area contributed by atoms with Gasteiger partial charge in [-0.25, -0.2) is 9.18 Å². The van der Waals surface area contributed by atoms with Crippen molar-refractivity contribution in [3.8, 4) is 17.2 Å². The monoisotopic (exact) mass is 495 g/mol. The van der Waals surface area contributed by atoms with Gasteiger partial charge >= 0.3 is 6.09 Å². The second-order valence-corrected chi connectivity index (χ2v) is 10.8. The van der Waals surface area contributed by atoms with Gasteiger partial charge in [0, 0.05) is 30.8 Å². The Morgan fingerprint density at radius 2 is 2.08 bits per heavy atom. The van der Waals surface area contributed by atoms with E-state index in [0.717, 1.165) is 37.8 Å². The Hall–Kier alpha value is -3.41. The molecule has 1 N–H and O–H groups in total. The van der Waals surface area contributed by atoms with Crippen LogP contribution in [0.15, 0.2) is 30.6 Å². The van der Waals surface area contributed by atoms with E-state index in [-0.39, 0.29) is 24.3 Å². The summed E-state index contributed by atoms with van der Waals surface area (Å²) < 4.78 is 22.3. The van der Waals surface area contributed by atoms with Crippen LogP contribution in [-0.4, -0.2) is 50.4 Å². The van der Waals surface area contributed by atoms with Gasteiger partial charge in [-0.1, -0.05) is 19.1 Å². The summed E-state index contributed by atoms with van der Waals surface area (Å²) in [4.78, 5) is 27.6. The number of halogens is 1. The second kappa shape index (κ2) is 10.3. The molecule has 8 nitrogen and oxygen atoms in total. The second-order valence-electron chi connectivity index (χ2n) is 10.8. The first-order valence-electron chi connectivity index (χ1n) is 12.6. The fourth-order valence-electron chi connectivity index (χ4n) is 5.27. The van der Waals surface area contributed by atoms with Gasteiger partial charge in [-0.2, -0.15) is 10.4 Å². The topological polar surface area (TPSA) is 100 Å². The van der Waals surface area contributed by atoms with Crippen LogP contribution in [0.5, 0.6) is 0 Å².